The number of nitrogens with zero attached hydrogens (tertiary/aromatic N) is 3. The van der Waals surface area contributed by atoms with Crippen molar-refractivity contribution in [3.63, 3.8) is 0 Å². The van der Waals surface area contributed by atoms with Gasteiger partial charge >= 0.3 is 6.03 Å². The fourth-order valence-electron chi connectivity index (χ4n) is 4.07. The molecule has 1 aliphatic rings. The van der Waals surface area contributed by atoms with Crippen LogP contribution in [0.3, 0.4) is 0 Å². The summed E-state index contributed by atoms with van der Waals surface area (Å²) in [6, 6.07) is 18.4. The highest BCUT2D eigenvalue weighted by atomic mass is 35.5. The van der Waals surface area contributed by atoms with Crippen molar-refractivity contribution < 1.29 is 18.4 Å². The number of urea groups is 1. The van der Waals surface area contributed by atoms with Gasteiger partial charge in [-0.3, -0.25) is 9.69 Å². The molecular weight excluding hydrogens is 486 g/mol. The van der Waals surface area contributed by atoms with E-state index in [0.717, 1.165) is 5.56 Å². The number of carbonyl (C=O) groups is 2. The van der Waals surface area contributed by atoms with Gasteiger partial charge < -0.3 is 15.1 Å². The van der Waals surface area contributed by atoms with Gasteiger partial charge in [-0.2, -0.15) is 0 Å². The van der Waals surface area contributed by atoms with E-state index in [-0.39, 0.29) is 17.8 Å². The van der Waals surface area contributed by atoms with Crippen LogP contribution in [0.2, 0.25) is 5.02 Å². The summed E-state index contributed by atoms with van der Waals surface area (Å²) in [5, 5.41) is 3.21. The molecule has 1 saturated heterocycles. The van der Waals surface area contributed by atoms with Crippen molar-refractivity contribution in [3.05, 3.63) is 101 Å². The lowest BCUT2D eigenvalue weighted by Gasteiger charge is -2.36. The van der Waals surface area contributed by atoms with Crippen LogP contribution in [0.25, 0.3) is 0 Å². The highest BCUT2D eigenvalue weighted by Gasteiger charge is 2.23. The molecule has 3 aromatic carbocycles. The molecule has 1 N–H and O–H groups in total. The van der Waals surface area contributed by atoms with Gasteiger partial charge in [0.05, 0.1) is 0 Å². The molecule has 188 valence electrons. The van der Waals surface area contributed by atoms with Gasteiger partial charge in [0.25, 0.3) is 5.91 Å². The fourth-order valence-corrected chi connectivity index (χ4v) is 4.26. The Labute approximate surface area is 214 Å². The second-order valence-electron chi connectivity index (χ2n) is 8.63. The molecule has 0 bridgehead atoms. The van der Waals surface area contributed by atoms with Gasteiger partial charge in [-0.05, 0) is 54.1 Å². The monoisotopic (exact) mass is 512 g/mol. The summed E-state index contributed by atoms with van der Waals surface area (Å²) in [6.07, 6.45) is 0. The Morgan fingerprint density at radius 3 is 2.31 bits per heavy atom. The molecular formula is C27H27ClF2N4O2. The summed E-state index contributed by atoms with van der Waals surface area (Å²) in [7, 11) is 0. The van der Waals surface area contributed by atoms with Crippen LogP contribution in [0.15, 0.2) is 72.8 Å². The first kappa shape index (κ1) is 25.6. The average molecular weight is 513 g/mol. The number of piperazine rings is 1. The number of halogens is 3. The Balaban J connectivity index is 1.34. The summed E-state index contributed by atoms with van der Waals surface area (Å²) < 4.78 is 26.7. The number of benzene rings is 3. The van der Waals surface area contributed by atoms with Crippen LogP contribution in [-0.2, 0) is 6.54 Å². The van der Waals surface area contributed by atoms with Gasteiger partial charge in [0, 0.05) is 62.1 Å². The molecule has 3 amide bonds. The molecule has 0 atom stereocenters. The van der Waals surface area contributed by atoms with Gasteiger partial charge in [0.15, 0.2) is 0 Å². The predicted molar refractivity (Wildman–Crippen MR) is 136 cm³/mol. The first-order chi connectivity index (χ1) is 17.4. The molecule has 9 heteroatoms. The van der Waals surface area contributed by atoms with Gasteiger partial charge in [0.1, 0.15) is 11.6 Å². The molecule has 1 aliphatic heterocycles. The Hall–Kier alpha value is -3.49. The summed E-state index contributed by atoms with van der Waals surface area (Å²) >= 11 is 6.09. The molecule has 3 aromatic rings. The number of hydrogen-bond acceptors (Lipinski definition) is 3. The van der Waals surface area contributed by atoms with E-state index >= 15 is 0 Å². The van der Waals surface area contributed by atoms with Gasteiger partial charge in [-0.25, -0.2) is 13.6 Å². The van der Waals surface area contributed by atoms with Crippen molar-refractivity contribution in [3.8, 4) is 0 Å². The maximum absolute atomic E-state index is 13.4. The summed E-state index contributed by atoms with van der Waals surface area (Å²) in [5.74, 6) is -0.893. The maximum Gasteiger partial charge on any atom is 0.321 e. The molecule has 1 fully saturated rings. The second kappa shape index (κ2) is 12.0. The Kier molecular flexibility index (Phi) is 8.51. The lowest BCUT2D eigenvalue weighted by Crippen LogP contribution is -2.51. The molecule has 0 aliphatic carbocycles. The van der Waals surface area contributed by atoms with Gasteiger partial charge in [0.2, 0.25) is 0 Å². The normalized spacial score (nSPS) is 13.9. The minimum absolute atomic E-state index is 0.157. The van der Waals surface area contributed by atoms with Crippen LogP contribution in [0.5, 0.6) is 0 Å². The Morgan fingerprint density at radius 1 is 0.889 bits per heavy atom. The summed E-state index contributed by atoms with van der Waals surface area (Å²) in [5.41, 5.74) is 1.73. The number of anilines is 1. The molecule has 0 saturated carbocycles. The highest BCUT2D eigenvalue weighted by molar-refractivity contribution is 6.30. The Bertz CT molecular complexity index is 1200. The second-order valence-corrected chi connectivity index (χ2v) is 9.07. The van der Waals surface area contributed by atoms with E-state index in [1.807, 2.05) is 0 Å². The van der Waals surface area contributed by atoms with Crippen LogP contribution >= 0.6 is 11.6 Å². The van der Waals surface area contributed by atoms with E-state index < -0.39 is 5.82 Å². The largest absolute Gasteiger partial charge is 0.333 e. The number of carbonyl (C=O) groups excluding carboxylic acids is 2. The average Bonchev–Trinajstić information content (AvgIpc) is 2.87. The maximum atomic E-state index is 13.4. The zero-order chi connectivity index (χ0) is 25.5. The van der Waals surface area contributed by atoms with E-state index in [1.165, 1.54) is 24.3 Å². The first-order valence-electron chi connectivity index (χ1n) is 11.7. The topological polar surface area (TPSA) is 55.9 Å². The van der Waals surface area contributed by atoms with Crippen molar-refractivity contribution in [2.24, 2.45) is 0 Å². The van der Waals surface area contributed by atoms with Crippen molar-refractivity contribution in [1.82, 2.24) is 14.7 Å². The molecule has 36 heavy (non-hydrogen) atoms. The van der Waals surface area contributed by atoms with Crippen LogP contribution in [0, 0.1) is 11.6 Å². The third-order valence-electron chi connectivity index (χ3n) is 6.07. The molecule has 0 aromatic heterocycles. The third kappa shape index (κ3) is 7.02. The number of nitrogens with one attached hydrogen (secondary N) is 1. The quantitative estimate of drug-likeness (QED) is 0.478. The van der Waals surface area contributed by atoms with E-state index in [1.54, 1.807) is 58.3 Å². The van der Waals surface area contributed by atoms with Crippen molar-refractivity contribution in [2.45, 2.75) is 6.54 Å². The number of rotatable bonds is 7. The third-order valence-corrected chi connectivity index (χ3v) is 6.30. The van der Waals surface area contributed by atoms with E-state index in [0.29, 0.717) is 62.1 Å². The van der Waals surface area contributed by atoms with E-state index in [4.69, 9.17) is 11.6 Å². The minimum Gasteiger partial charge on any atom is -0.333 e. The fraction of sp³-hybridized carbons (Fsp3) is 0.259. The first-order valence-corrected chi connectivity index (χ1v) is 12.1. The van der Waals surface area contributed by atoms with Gasteiger partial charge in [-0.1, -0.05) is 35.9 Å². The standard InChI is InChI=1S/C27H27ClF2N4O2/c28-22-4-1-3-21(17-22)26(35)34(19-20-7-9-23(29)10-8-20)16-13-32-11-14-33(15-12-32)27(36)31-25-6-2-5-24(30)18-25/h1-10,17-18H,11-16,19H2,(H,31,36). The lowest BCUT2D eigenvalue weighted by atomic mass is 10.1. The summed E-state index contributed by atoms with van der Waals surface area (Å²) in [4.78, 5) is 31.4. The zero-order valence-corrected chi connectivity index (χ0v) is 20.4. The molecule has 6 nitrogen and oxygen atoms in total. The molecule has 0 spiro atoms. The van der Waals surface area contributed by atoms with E-state index in [2.05, 4.69) is 10.2 Å². The van der Waals surface area contributed by atoms with Crippen molar-refractivity contribution in [2.75, 3.05) is 44.6 Å². The van der Waals surface area contributed by atoms with Crippen LogP contribution in [-0.4, -0.2) is 65.9 Å². The van der Waals surface area contributed by atoms with Crippen LogP contribution < -0.4 is 5.32 Å². The van der Waals surface area contributed by atoms with Gasteiger partial charge in [-0.15, -0.1) is 0 Å². The lowest BCUT2D eigenvalue weighted by molar-refractivity contribution is 0.0704. The molecule has 0 unspecified atom stereocenters. The van der Waals surface area contributed by atoms with Crippen molar-refractivity contribution >= 4 is 29.2 Å². The SMILES string of the molecule is O=C(Nc1cccc(F)c1)N1CCN(CCN(Cc2ccc(F)cc2)C(=O)c2cccc(Cl)c2)CC1. The number of amides is 3. The smallest absolute Gasteiger partial charge is 0.321 e. The Morgan fingerprint density at radius 2 is 1.61 bits per heavy atom. The predicted octanol–water partition coefficient (Wildman–Crippen LogP) is 5.11. The number of hydrogen-bond donors (Lipinski definition) is 1. The van der Waals surface area contributed by atoms with Crippen LogP contribution in [0.1, 0.15) is 15.9 Å². The highest BCUT2D eigenvalue weighted by Crippen LogP contribution is 2.16. The van der Waals surface area contributed by atoms with E-state index in [9.17, 15) is 18.4 Å². The summed E-state index contributed by atoms with van der Waals surface area (Å²) in [6.45, 7) is 3.73. The molecule has 0 radical (unpaired) electrons. The molecule has 1 heterocycles. The molecule has 4 rings (SSSR count). The van der Waals surface area contributed by atoms with Crippen LogP contribution in [0.4, 0.5) is 19.3 Å². The van der Waals surface area contributed by atoms with Crippen molar-refractivity contribution in [1.29, 1.82) is 0 Å². The zero-order valence-electron chi connectivity index (χ0n) is 19.7. The minimum atomic E-state index is -0.407.